The van der Waals surface area contributed by atoms with Crippen LogP contribution >= 0.6 is 0 Å². The molecule has 16 heavy (non-hydrogen) atoms. The summed E-state index contributed by atoms with van der Waals surface area (Å²) < 4.78 is 0. The van der Waals surface area contributed by atoms with Gasteiger partial charge in [0.15, 0.2) is 0 Å². The molecule has 1 N–H and O–H groups in total. The van der Waals surface area contributed by atoms with E-state index in [1.54, 1.807) is 30.6 Å². The van der Waals surface area contributed by atoms with Gasteiger partial charge in [-0.15, -0.1) is 0 Å². The fourth-order valence-electron chi connectivity index (χ4n) is 1.05. The van der Waals surface area contributed by atoms with Crippen molar-refractivity contribution in [3.8, 4) is 0 Å². The van der Waals surface area contributed by atoms with Gasteiger partial charge in [-0.1, -0.05) is 0 Å². The highest BCUT2D eigenvalue weighted by Crippen LogP contribution is 1.99. The average molecular weight is 220 g/mol. The standard InChI is InChI=1S/C11H12N2O3/c1-13(8-11(15)16)10(14)3-2-9-4-6-12-7-5-9/h2-7H,8H2,1H3,(H,15,16). The second-order valence-corrected chi connectivity index (χ2v) is 3.20. The molecule has 1 rings (SSSR count). The average Bonchev–Trinajstić information content (AvgIpc) is 2.26. The van der Waals surface area contributed by atoms with Gasteiger partial charge in [0.1, 0.15) is 6.54 Å². The Kier molecular flexibility index (Phi) is 4.20. The van der Waals surface area contributed by atoms with Gasteiger partial charge in [0, 0.05) is 25.5 Å². The molecule has 0 spiro atoms. The van der Waals surface area contributed by atoms with Crippen LogP contribution < -0.4 is 0 Å². The van der Waals surface area contributed by atoms with Crippen LogP contribution in [0.1, 0.15) is 5.56 Å². The van der Waals surface area contributed by atoms with Crippen molar-refractivity contribution in [1.82, 2.24) is 9.88 Å². The van der Waals surface area contributed by atoms with Crippen LogP contribution in [-0.2, 0) is 9.59 Å². The monoisotopic (exact) mass is 220 g/mol. The maximum atomic E-state index is 11.4. The van der Waals surface area contributed by atoms with Gasteiger partial charge in [0.2, 0.25) is 5.91 Å². The number of nitrogens with zero attached hydrogens (tertiary/aromatic N) is 2. The van der Waals surface area contributed by atoms with Crippen LogP contribution in [0, 0.1) is 0 Å². The summed E-state index contributed by atoms with van der Waals surface area (Å²) in [6.07, 6.45) is 6.18. The van der Waals surface area contributed by atoms with Gasteiger partial charge in [0.25, 0.3) is 0 Å². The van der Waals surface area contributed by atoms with Crippen LogP contribution in [0.25, 0.3) is 6.08 Å². The Morgan fingerprint density at radius 1 is 1.44 bits per heavy atom. The van der Waals surface area contributed by atoms with E-state index in [2.05, 4.69) is 4.98 Å². The van der Waals surface area contributed by atoms with Gasteiger partial charge in [-0.25, -0.2) is 0 Å². The van der Waals surface area contributed by atoms with Crippen LogP contribution in [0.3, 0.4) is 0 Å². The molecule has 0 radical (unpaired) electrons. The van der Waals surface area contributed by atoms with Crippen LogP contribution in [0.15, 0.2) is 30.6 Å². The number of amides is 1. The lowest BCUT2D eigenvalue weighted by molar-refractivity contribution is -0.141. The van der Waals surface area contributed by atoms with Crippen molar-refractivity contribution < 1.29 is 14.7 Å². The molecular weight excluding hydrogens is 208 g/mol. The minimum Gasteiger partial charge on any atom is -0.480 e. The fraction of sp³-hybridized carbons (Fsp3) is 0.182. The van der Waals surface area contributed by atoms with Gasteiger partial charge in [-0.2, -0.15) is 0 Å². The zero-order chi connectivity index (χ0) is 12.0. The van der Waals surface area contributed by atoms with Crippen molar-refractivity contribution in [2.45, 2.75) is 0 Å². The lowest BCUT2D eigenvalue weighted by Gasteiger charge is -2.11. The first kappa shape index (κ1) is 11.9. The predicted molar refractivity (Wildman–Crippen MR) is 58.5 cm³/mol. The maximum Gasteiger partial charge on any atom is 0.323 e. The molecule has 1 aromatic heterocycles. The Morgan fingerprint density at radius 3 is 2.62 bits per heavy atom. The predicted octanol–water partition coefficient (Wildman–Crippen LogP) is 0.638. The molecule has 1 aromatic rings. The third kappa shape index (κ3) is 3.91. The first-order valence-electron chi connectivity index (χ1n) is 4.64. The molecule has 0 unspecified atom stereocenters. The lowest BCUT2D eigenvalue weighted by atomic mass is 10.2. The highest BCUT2D eigenvalue weighted by Gasteiger charge is 2.08. The van der Waals surface area contributed by atoms with E-state index >= 15 is 0 Å². The number of carbonyl (C=O) groups excluding carboxylic acids is 1. The van der Waals surface area contributed by atoms with Crippen LogP contribution in [0.2, 0.25) is 0 Å². The molecule has 5 heteroatoms. The van der Waals surface area contributed by atoms with Crippen molar-refractivity contribution >= 4 is 18.0 Å². The van der Waals surface area contributed by atoms with Crippen LogP contribution in [-0.4, -0.2) is 40.5 Å². The lowest BCUT2D eigenvalue weighted by Crippen LogP contribution is -2.30. The Balaban J connectivity index is 2.57. The molecule has 84 valence electrons. The summed E-state index contributed by atoms with van der Waals surface area (Å²) in [6.45, 7) is -0.306. The number of aromatic nitrogens is 1. The number of likely N-dealkylation sites (N-methyl/N-ethyl adjacent to an activating group) is 1. The summed E-state index contributed by atoms with van der Waals surface area (Å²) in [4.78, 5) is 26.7. The minimum atomic E-state index is -1.03. The molecule has 5 nitrogen and oxygen atoms in total. The summed E-state index contributed by atoms with van der Waals surface area (Å²) in [5, 5.41) is 8.49. The highest BCUT2D eigenvalue weighted by atomic mass is 16.4. The third-order valence-corrected chi connectivity index (χ3v) is 1.87. The van der Waals surface area contributed by atoms with Crippen molar-refractivity contribution in [3.05, 3.63) is 36.2 Å². The second kappa shape index (κ2) is 5.65. The van der Waals surface area contributed by atoms with Gasteiger partial charge < -0.3 is 10.0 Å². The number of carbonyl (C=O) groups is 2. The number of aliphatic carboxylic acids is 1. The summed E-state index contributed by atoms with van der Waals surface area (Å²) in [7, 11) is 1.44. The molecular formula is C11H12N2O3. The van der Waals surface area contributed by atoms with Gasteiger partial charge in [-0.3, -0.25) is 14.6 Å². The molecule has 0 aliphatic heterocycles. The van der Waals surface area contributed by atoms with E-state index in [-0.39, 0.29) is 12.5 Å². The minimum absolute atomic E-state index is 0.306. The number of hydrogen-bond acceptors (Lipinski definition) is 3. The molecule has 0 fully saturated rings. The van der Waals surface area contributed by atoms with Gasteiger partial charge in [-0.05, 0) is 23.8 Å². The Labute approximate surface area is 93.0 Å². The fourth-order valence-corrected chi connectivity index (χ4v) is 1.05. The number of rotatable bonds is 4. The molecule has 0 aromatic carbocycles. The van der Waals surface area contributed by atoms with Gasteiger partial charge >= 0.3 is 5.97 Å². The zero-order valence-corrected chi connectivity index (χ0v) is 8.83. The smallest absolute Gasteiger partial charge is 0.323 e. The Bertz CT molecular complexity index is 401. The van der Waals surface area contributed by atoms with E-state index in [0.717, 1.165) is 10.5 Å². The Morgan fingerprint density at radius 2 is 2.06 bits per heavy atom. The normalized spacial score (nSPS) is 10.3. The molecule has 0 saturated carbocycles. The topological polar surface area (TPSA) is 70.5 Å². The molecule has 0 atom stereocenters. The summed E-state index contributed by atoms with van der Waals surface area (Å²) in [5.74, 6) is -1.38. The summed E-state index contributed by atoms with van der Waals surface area (Å²) in [6, 6.07) is 3.50. The zero-order valence-electron chi connectivity index (χ0n) is 8.83. The van der Waals surface area contributed by atoms with E-state index in [1.165, 1.54) is 13.1 Å². The molecule has 0 saturated heterocycles. The first-order chi connectivity index (χ1) is 7.59. The number of carboxylic acid groups (broad SMARTS) is 1. The molecule has 1 heterocycles. The highest BCUT2D eigenvalue weighted by molar-refractivity contribution is 5.93. The largest absolute Gasteiger partial charge is 0.480 e. The summed E-state index contributed by atoms with van der Waals surface area (Å²) in [5.41, 5.74) is 0.840. The third-order valence-electron chi connectivity index (χ3n) is 1.87. The van der Waals surface area contributed by atoms with Crippen LogP contribution in [0.4, 0.5) is 0 Å². The van der Waals surface area contributed by atoms with Crippen molar-refractivity contribution in [2.75, 3.05) is 13.6 Å². The molecule has 0 aliphatic rings. The van der Waals surface area contributed by atoms with Gasteiger partial charge in [0.05, 0.1) is 0 Å². The molecule has 1 amide bonds. The van der Waals surface area contributed by atoms with Crippen molar-refractivity contribution in [3.63, 3.8) is 0 Å². The second-order valence-electron chi connectivity index (χ2n) is 3.20. The van der Waals surface area contributed by atoms with Crippen LogP contribution in [0.5, 0.6) is 0 Å². The first-order valence-corrected chi connectivity index (χ1v) is 4.64. The van der Waals surface area contributed by atoms with E-state index < -0.39 is 5.97 Å². The Hall–Kier alpha value is -2.17. The van der Waals surface area contributed by atoms with Crippen molar-refractivity contribution in [2.24, 2.45) is 0 Å². The quantitative estimate of drug-likeness (QED) is 0.756. The number of carboxylic acids is 1. The van der Waals surface area contributed by atoms with E-state index in [0.29, 0.717) is 0 Å². The number of hydrogen-bond donors (Lipinski definition) is 1. The molecule has 0 aliphatic carbocycles. The maximum absolute atomic E-state index is 11.4. The van der Waals surface area contributed by atoms with E-state index in [4.69, 9.17) is 5.11 Å². The molecule has 0 bridgehead atoms. The SMILES string of the molecule is CN(CC(=O)O)C(=O)C=Cc1ccncc1. The van der Waals surface area contributed by atoms with Crippen molar-refractivity contribution in [1.29, 1.82) is 0 Å². The van der Waals surface area contributed by atoms with E-state index in [9.17, 15) is 9.59 Å². The van der Waals surface area contributed by atoms with E-state index in [1.807, 2.05) is 0 Å². The number of pyridine rings is 1. The summed E-state index contributed by atoms with van der Waals surface area (Å²) >= 11 is 0.